The quantitative estimate of drug-likeness (QED) is 0.684. The van der Waals surface area contributed by atoms with Crippen LogP contribution >= 0.6 is 0 Å². The summed E-state index contributed by atoms with van der Waals surface area (Å²) in [7, 11) is 4.84. The van der Waals surface area contributed by atoms with E-state index in [1.54, 1.807) is 44.2 Å². The molecule has 1 heterocycles. The maximum atomic E-state index is 13.3. The van der Waals surface area contributed by atoms with Crippen molar-refractivity contribution in [2.45, 2.75) is 0 Å². The van der Waals surface area contributed by atoms with Crippen LogP contribution in [0.15, 0.2) is 60.8 Å². The van der Waals surface area contributed by atoms with Gasteiger partial charge in [0.25, 0.3) is 5.91 Å². The van der Waals surface area contributed by atoms with Crippen molar-refractivity contribution in [2.75, 3.05) is 27.7 Å². The highest BCUT2D eigenvalue weighted by molar-refractivity contribution is 6.01. The Morgan fingerprint density at radius 1 is 1.00 bits per heavy atom. The first-order valence-electron chi connectivity index (χ1n) is 8.73. The molecule has 2 amide bonds. The van der Waals surface area contributed by atoms with Gasteiger partial charge in [-0.1, -0.05) is 18.2 Å². The minimum atomic E-state index is -0.368. The molecule has 0 aliphatic heterocycles. The Morgan fingerprint density at radius 2 is 1.64 bits per heavy atom. The van der Waals surface area contributed by atoms with E-state index in [2.05, 4.69) is 5.10 Å². The summed E-state index contributed by atoms with van der Waals surface area (Å²) in [4.78, 5) is 27.8. The van der Waals surface area contributed by atoms with Crippen LogP contribution in [0.25, 0.3) is 16.9 Å². The minimum absolute atomic E-state index is 0.0504. The Morgan fingerprint density at radius 3 is 2.25 bits per heavy atom. The minimum Gasteiger partial charge on any atom is -0.347 e. The topological polar surface area (TPSA) is 58.4 Å². The second-order valence-corrected chi connectivity index (χ2v) is 6.63. The molecule has 0 spiro atoms. The van der Waals surface area contributed by atoms with Gasteiger partial charge in [-0.3, -0.25) is 9.59 Å². The molecule has 0 aliphatic rings. The molecule has 0 unspecified atom stereocenters. The molecule has 0 saturated carbocycles. The molecule has 0 aliphatic carbocycles. The Kier molecular flexibility index (Phi) is 5.54. The molecule has 1 aromatic heterocycles. The number of likely N-dealkylation sites (N-methyl/N-ethyl adjacent to an activating group) is 2. The maximum Gasteiger partial charge on any atom is 0.257 e. The molecule has 0 N–H and O–H groups in total. The van der Waals surface area contributed by atoms with Crippen molar-refractivity contribution in [2.24, 2.45) is 0 Å². The van der Waals surface area contributed by atoms with E-state index in [0.717, 1.165) is 5.69 Å². The van der Waals surface area contributed by atoms with E-state index in [-0.39, 0.29) is 24.2 Å². The van der Waals surface area contributed by atoms with Crippen molar-refractivity contribution in [1.29, 1.82) is 0 Å². The first kappa shape index (κ1) is 19.3. The van der Waals surface area contributed by atoms with Crippen molar-refractivity contribution in [1.82, 2.24) is 19.6 Å². The van der Waals surface area contributed by atoms with Crippen molar-refractivity contribution in [3.05, 3.63) is 72.2 Å². The zero-order valence-corrected chi connectivity index (χ0v) is 16.0. The largest absolute Gasteiger partial charge is 0.347 e. The van der Waals surface area contributed by atoms with Gasteiger partial charge in [-0.05, 0) is 36.4 Å². The second-order valence-electron chi connectivity index (χ2n) is 6.63. The predicted octanol–water partition coefficient (Wildman–Crippen LogP) is 2.84. The molecule has 3 rings (SSSR count). The Bertz CT molecular complexity index is 981. The third-order valence-electron chi connectivity index (χ3n) is 4.30. The van der Waals surface area contributed by atoms with Gasteiger partial charge in [0, 0.05) is 32.9 Å². The Labute approximate surface area is 162 Å². The predicted molar refractivity (Wildman–Crippen MR) is 105 cm³/mol. The molecular weight excluding hydrogens is 359 g/mol. The maximum absolute atomic E-state index is 13.3. The molecular formula is C21H21FN4O2. The molecule has 0 saturated heterocycles. The molecule has 0 fully saturated rings. The normalized spacial score (nSPS) is 10.6. The summed E-state index contributed by atoms with van der Waals surface area (Å²) < 4.78 is 14.9. The van der Waals surface area contributed by atoms with Gasteiger partial charge >= 0.3 is 0 Å². The number of halogens is 1. The van der Waals surface area contributed by atoms with Crippen molar-refractivity contribution < 1.29 is 14.0 Å². The highest BCUT2D eigenvalue weighted by Crippen LogP contribution is 2.25. The molecule has 3 aromatic rings. The Balaban J connectivity index is 2.02. The van der Waals surface area contributed by atoms with Crippen molar-refractivity contribution >= 4 is 11.8 Å². The van der Waals surface area contributed by atoms with Gasteiger partial charge in [-0.2, -0.15) is 5.10 Å². The number of nitrogens with zero attached hydrogens (tertiary/aromatic N) is 4. The first-order valence-corrected chi connectivity index (χ1v) is 8.73. The van der Waals surface area contributed by atoms with Gasteiger partial charge in [0.2, 0.25) is 5.91 Å². The Hall–Kier alpha value is -3.48. The number of hydrogen-bond acceptors (Lipinski definition) is 3. The van der Waals surface area contributed by atoms with Gasteiger partial charge in [-0.25, -0.2) is 9.07 Å². The number of benzene rings is 2. The van der Waals surface area contributed by atoms with Crippen LogP contribution in [0.1, 0.15) is 10.4 Å². The molecule has 2 aromatic carbocycles. The van der Waals surface area contributed by atoms with Gasteiger partial charge < -0.3 is 9.80 Å². The van der Waals surface area contributed by atoms with E-state index in [0.29, 0.717) is 16.8 Å². The summed E-state index contributed by atoms with van der Waals surface area (Å²) in [5.41, 5.74) is 2.17. The zero-order valence-electron chi connectivity index (χ0n) is 16.0. The van der Waals surface area contributed by atoms with Crippen LogP contribution in [0.3, 0.4) is 0 Å². The highest BCUT2D eigenvalue weighted by atomic mass is 19.1. The standard InChI is InChI=1S/C21H21FN4O2/c1-24(2)19(27)14-25(3)21(28)18-13-26(17-7-5-4-6-8-17)23-20(18)15-9-11-16(22)12-10-15/h4-13H,14H2,1-3H3. The van der Waals surface area contributed by atoms with Gasteiger partial charge in [-0.15, -0.1) is 0 Å². The van der Waals surface area contributed by atoms with Gasteiger partial charge in [0.05, 0.1) is 17.8 Å². The molecule has 144 valence electrons. The van der Waals surface area contributed by atoms with E-state index in [1.165, 1.54) is 21.9 Å². The average Bonchev–Trinajstić information content (AvgIpc) is 3.13. The van der Waals surface area contributed by atoms with E-state index in [4.69, 9.17) is 0 Å². The third kappa shape index (κ3) is 4.09. The van der Waals surface area contributed by atoms with Crippen molar-refractivity contribution in [3.8, 4) is 16.9 Å². The van der Waals surface area contributed by atoms with Gasteiger partial charge in [0.15, 0.2) is 0 Å². The lowest BCUT2D eigenvalue weighted by molar-refractivity contribution is -0.129. The summed E-state index contributed by atoms with van der Waals surface area (Å²) in [6.45, 7) is -0.0504. The highest BCUT2D eigenvalue weighted by Gasteiger charge is 2.23. The molecule has 0 atom stereocenters. The van der Waals surface area contributed by atoms with Crippen LogP contribution in [0, 0.1) is 5.82 Å². The fourth-order valence-electron chi connectivity index (χ4n) is 2.69. The molecule has 0 bridgehead atoms. The lowest BCUT2D eigenvalue weighted by Crippen LogP contribution is -2.37. The summed E-state index contributed by atoms with van der Waals surface area (Å²) in [6.07, 6.45) is 1.63. The lowest BCUT2D eigenvalue weighted by Gasteiger charge is -2.19. The molecule has 6 nitrogen and oxygen atoms in total. The third-order valence-corrected chi connectivity index (χ3v) is 4.30. The summed E-state index contributed by atoms with van der Waals surface area (Å²) in [5.74, 6) is -0.890. The smallest absolute Gasteiger partial charge is 0.257 e. The number of amides is 2. The molecule has 0 radical (unpaired) electrons. The van der Waals surface area contributed by atoms with E-state index < -0.39 is 0 Å². The van der Waals surface area contributed by atoms with Crippen LogP contribution in [0.5, 0.6) is 0 Å². The number of carbonyl (C=O) groups is 2. The zero-order chi connectivity index (χ0) is 20.3. The van der Waals surface area contributed by atoms with Crippen LogP contribution < -0.4 is 0 Å². The molecule has 28 heavy (non-hydrogen) atoms. The fraction of sp³-hybridized carbons (Fsp3) is 0.190. The summed E-state index contributed by atoms with van der Waals surface area (Å²) in [6, 6.07) is 15.2. The number of aromatic nitrogens is 2. The van der Waals surface area contributed by atoms with Crippen LogP contribution in [-0.2, 0) is 4.79 Å². The SMILES string of the molecule is CN(C)C(=O)CN(C)C(=O)c1cn(-c2ccccc2)nc1-c1ccc(F)cc1. The lowest BCUT2D eigenvalue weighted by atomic mass is 10.1. The van der Waals surface area contributed by atoms with E-state index in [1.807, 2.05) is 30.3 Å². The van der Waals surface area contributed by atoms with Crippen LogP contribution in [0.2, 0.25) is 0 Å². The molecule has 7 heteroatoms. The van der Waals surface area contributed by atoms with Crippen LogP contribution in [0.4, 0.5) is 4.39 Å². The summed E-state index contributed by atoms with van der Waals surface area (Å²) in [5, 5.41) is 4.55. The first-order chi connectivity index (χ1) is 13.4. The number of carbonyl (C=O) groups excluding carboxylic acids is 2. The fourth-order valence-corrected chi connectivity index (χ4v) is 2.69. The van der Waals surface area contributed by atoms with Crippen molar-refractivity contribution in [3.63, 3.8) is 0 Å². The van der Waals surface area contributed by atoms with E-state index in [9.17, 15) is 14.0 Å². The monoisotopic (exact) mass is 380 g/mol. The van der Waals surface area contributed by atoms with Crippen LogP contribution in [-0.4, -0.2) is 59.1 Å². The second kappa shape index (κ2) is 8.04. The summed E-state index contributed by atoms with van der Waals surface area (Å²) >= 11 is 0. The number of rotatable bonds is 5. The number of para-hydroxylation sites is 1. The average molecular weight is 380 g/mol. The van der Waals surface area contributed by atoms with Gasteiger partial charge in [0.1, 0.15) is 11.5 Å². The number of hydrogen-bond donors (Lipinski definition) is 0. The van der Waals surface area contributed by atoms with E-state index >= 15 is 0 Å².